The first-order valence-electron chi connectivity index (χ1n) is 7.25. The largest absolute Gasteiger partial charge is 0.481 e. The number of aromatic nitrogens is 2. The maximum absolute atomic E-state index is 10.5. The molecule has 0 fully saturated rings. The smallest absolute Gasteiger partial charge is 0.303 e. The summed E-state index contributed by atoms with van der Waals surface area (Å²) in [6.07, 6.45) is 1.85. The van der Waals surface area contributed by atoms with Gasteiger partial charge in [0.15, 0.2) is 5.82 Å². The summed E-state index contributed by atoms with van der Waals surface area (Å²) in [6, 6.07) is 8.06. The number of benzene rings is 1. The van der Waals surface area contributed by atoms with Gasteiger partial charge < -0.3 is 10.4 Å². The van der Waals surface area contributed by atoms with Crippen molar-refractivity contribution in [3.8, 4) is 0 Å². The number of carbonyl (C=O) groups is 1. The van der Waals surface area contributed by atoms with Crippen molar-refractivity contribution in [1.29, 1.82) is 0 Å². The molecule has 2 rings (SSSR count). The zero-order chi connectivity index (χ0) is 15.2. The molecule has 5 heteroatoms. The van der Waals surface area contributed by atoms with Gasteiger partial charge in [-0.05, 0) is 25.7 Å². The van der Waals surface area contributed by atoms with E-state index in [2.05, 4.69) is 22.4 Å². The second-order valence-electron chi connectivity index (χ2n) is 5.43. The van der Waals surface area contributed by atoms with Gasteiger partial charge in [-0.15, -0.1) is 5.10 Å². The highest BCUT2D eigenvalue weighted by Gasteiger charge is 2.08. The van der Waals surface area contributed by atoms with Gasteiger partial charge in [0.1, 0.15) is 0 Å². The van der Waals surface area contributed by atoms with Crippen molar-refractivity contribution in [3.05, 3.63) is 30.0 Å². The molecule has 0 spiro atoms. The highest BCUT2D eigenvalue weighted by atomic mass is 16.4. The number of nitrogens with zero attached hydrogens (tertiary/aromatic N) is 2. The number of carboxylic acids is 1. The molecule has 21 heavy (non-hydrogen) atoms. The SMILES string of the molecule is Cc1nnc(NCCC(C)CCC(=O)O)c2ccccc12. The number of fused-ring (bicyclic) bond motifs is 1. The van der Waals surface area contributed by atoms with E-state index in [1.807, 2.05) is 31.2 Å². The number of rotatable bonds is 7. The summed E-state index contributed by atoms with van der Waals surface area (Å²) in [4.78, 5) is 10.5. The zero-order valence-electron chi connectivity index (χ0n) is 12.5. The van der Waals surface area contributed by atoms with Gasteiger partial charge in [0.2, 0.25) is 0 Å². The quantitative estimate of drug-likeness (QED) is 0.817. The Balaban J connectivity index is 1.95. The Bertz CT molecular complexity index is 628. The molecule has 0 saturated heterocycles. The van der Waals surface area contributed by atoms with E-state index < -0.39 is 5.97 Å². The minimum Gasteiger partial charge on any atom is -0.481 e. The van der Waals surface area contributed by atoms with Gasteiger partial charge in [0, 0.05) is 23.7 Å². The van der Waals surface area contributed by atoms with Gasteiger partial charge in [-0.3, -0.25) is 4.79 Å². The lowest BCUT2D eigenvalue weighted by Crippen LogP contribution is -2.10. The fourth-order valence-electron chi connectivity index (χ4n) is 2.32. The lowest BCUT2D eigenvalue weighted by atomic mass is 10.0. The van der Waals surface area contributed by atoms with Crippen LogP contribution < -0.4 is 5.32 Å². The van der Waals surface area contributed by atoms with E-state index in [1.54, 1.807) is 0 Å². The third-order valence-electron chi connectivity index (χ3n) is 3.65. The van der Waals surface area contributed by atoms with Crippen LogP contribution in [0.25, 0.3) is 10.8 Å². The van der Waals surface area contributed by atoms with E-state index in [0.29, 0.717) is 12.3 Å². The monoisotopic (exact) mass is 287 g/mol. The van der Waals surface area contributed by atoms with Crippen molar-refractivity contribution in [2.24, 2.45) is 5.92 Å². The number of carboxylic acid groups (broad SMARTS) is 1. The molecule has 0 radical (unpaired) electrons. The van der Waals surface area contributed by atoms with Gasteiger partial charge in [-0.25, -0.2) is 0 Å². The molecule has 0 bridgehead atoms. The molecule has 1 unspecified atom stereocenters. The summed E-state index contributed by atoms with van der Waals surface area (Å²) >= 11 is 0. The molecule has 2 N–H and O–H groups in total. The van der Waals surface area contributed by atoms with E-state index >= 15 is 0 Å². The average Bonchev–Trinajstić information content (AvgIpc) is 2.48. The minimum atomic E-state index is -0.731. The minimum absolute atomic E-state index is 0.231. The highest BCUT2D eigenvalue weighted by molar-refractivity contribution is 5.92. The second kappa shape index (κ2) is 7.02. The number of nitrogens with one attached hydrogen (secondary N) is 1. The fraction of sp³-hybridized carbons (Fsp3) is 0.438. The van der Waals surface area contributed by atoms with E-state index in [0.717, 1.165) is 35.2 Å². The standard InChI is InChI=1S/C16H21N3O2/c1-11(7-8-15(20)21)9-10-17-16-14-6-4-3-5-13(14)12(2)18-19-16/h3-6,11H,7-10H2,1-2H3,(H,17,19)(H,20,21). The average molecular weight is 287 g/mol. The van der Waals surface area contributed by atoms with Crippen LogP contribution in [0, 0.1) is 12.8 Å². The predicted octanol–water partition coefficient (Wildman–Crippen LogP) is 3.24. The van der Waals surface area contributed by atoms with Gasteiger partial charge in [0.25, 0.3) is 0 Å². The van der Waals surface area contributed by atoms with Crippen molar-refractivity contribution in [1.82, 2.24) is 10.2 Å². The van der Waals surface area contributed by atoms with Crippen LogP contribution in [0.4, 0.5) is 5.82 Å². The first-order chi connectivity index (χ1) is 10.1. The summed E-state index contributed by atoms with van der Waals surface area (Å²) < 4.78 is 0. The Morgan fingerprint density at radius 1 is 1.24 bits per heavy atom. The molecule has 0 aliphatic heterocycles. The van der Waals surface area contributed by atoms with Crippen LogP contribution in [0.2, 0.25) is 0 Å². The van der Waals surface area contributed by atoms with Crippen LogP contribution in [0.1, 0.15) is 31.9 Å². The Hall–Kier alpha value is -2.17. The van der Waals surface area contributed by atoms with Gasteiger partial charge in [-0.1, -0.05) is 31.2 Å². The number of aliphatic carboxylic acids is 1. The van der Waals surface area contributed by atoms with Crippen LogP contribution >= 0.6 is 0 Å². The summed E-state index contributed by atoms with van der Waals surface area (Å²) in [5.41, 5.74) is 0.922. The summed E-state index contributed by atoms with van der Waals surface area (Å²) in [6.45, 7) is 4.79. The normalized spacial score (nSPS) is 12.3. The Morgan fingerprint density at radius 3 is 2.67 bits per heavy atom. The number of aryl methyl sites for hydroxylation is 1. The molecule has 112 valence electrons. The molecule has 1 heterocycles. The van der Waals surface area contributed by atoms with Gasteiger partial charge in [-0.2, -0.15) is 5.10 Å². The molecular formula is C16H21N3O2. The molecule has 0 aliphatic carbocycles. The Morgan fingerprint density at radius 2 is 1.95 bits per heavy atom. The molecule has 0 amide bonds. The second-order valence-corrected chi connectivity index (χ2v) is 5.43. The van der Waals surface area contributed by atoms with Crippen LogP contribution in [-0.4, -0.2) is 27.8 Å². The fourth-order valence-corrected chi connectivity index (χ4v) is 2.32. The summed E-state index contributed by atoms with van der Waals surface area (Å²) in [7, 11) is 0. The Labute approximate surface area is 124 Å². The maximum Gasteiger partial charge on any atom is 0.303 e. The van der Waals surface area contributed by atoms with Crippen LogP contribution in [0.3, 0.4) is 0 Å². The molecule has 1 aromatic heterocycles. The molecular weight excluding hydrogens is 266 g/mol. The molecule has 5 nitrogen and oxygen atoms in total. The Kier molecular flexibility index (Phi) is 5.09. The molecule has 1 aromatic carbocycles. The summed E-state index contributed by atoms with van der Waals surface area (Å²) in [5.74, 6) is 0.435. The molecule has 0 aliphatic rings. The third-order valence-corrected chi connectivity index (χ3v) is 3.65. The van der Waals surface area contributed by atoms with Gasteiger partial charge >= 0.3 is 5.97 Å². The number of hydrogen-bond acceptors (Lipinski definition) is 4. The summed E-state index contributed by atoms with van der Waals surface area (Å²) in [5, 5.41) is 22.6. The van der Waals surface area contributed by atoms with E-state index in [1.165, 1.54) is 0 Å². The first kappa shape index (κ1) is 15.2. The van der Waals surface area contributed by atoms with Crippen molar-refractivity contribution >= 4 is 22.6 Å². The number of anilines is 1. The topological polar surface area (TPSA) is 75.1 Å². The van der Waals surface area contributed by atoms with E-state index in [-0.39, 0.29) is 6.42 Å². The van der Waals surface area contributed by atoms with Crippen molar-refractivity contribution in [2.75, 3.05) is 11.9 Å². The van der Waals surface area contributed by atoms with Gasteiger partial charge in [0.05, 0.1) is 5.69 Å². The van der Waals surface area contributed by atoms with E-state index in [9.17, 15) is 4.79 Å². The van der Waals surface area contributed by atoms with Crippen LogP contribution in [-0.2, 0) is 4.79 Å². The molecule has 1 atom stereocenters. The maximum atomic E-state index is 10.5. The zero-order valence-corrected chi connectivity index (χ0v) is 12.5. The number of hydrogen-bond donors (Lipinski definition) is 2. The van der Waals surface area contributed by atoms with E-state index in [4.69, 9.17) is 5.11 Å². The van der Waals surface area contributed by atoms with Crippen LogP contribution in [0.5, 0.6) is 0 Å². The third kappa shape index (κ3) is 4.15. The first-order valence-corrected chi connectivity index (χ1v) is 7.25. The van der Waals surface area contributed by atoms with Crippen LogP contribution in [0.15, 0.2) is 24.3 Å². The van der Waals surface area contributed by atoms with Crippen molar-refractivity contribution in [2.45, 2.75) is 33.1 Å². The highest BCUT2D eigenvalue weighted by Crippen LogP contribution is 2.22. The van der Waals surface area contributed by atoms with Crippen molar-refractivity contribution in [3.63, 3.8) is 0 Å². The molecule has 0 saturated carbocycles. The van der Waals surface area contributed by atoms with Crippen molar-refractivity contribution < 1.29 is 9.90 Å². The lowest BCUT2D eigenvalue weighted by Gasteiger charge is -2.12. The molecule has 2 aromatic rings. The predicted molar refractivity (Wildman–Crippen MR) is 83.4 cm³/mol. The lowest BCUT2D eigenvalue weighted by molar-refractivity contribution is -0.137.